The average molecular weight is 429 g/mol. The zero-order valence-electron chi connectivity index (χ0n) is 15.5. The number of sulfonamides is 1. The summed E-state index contributed by atoms with van der Waals surface area (Å²) in [6.07, 6.45) is 0. The summed E-state index contributed by atoms with van der Waals surface area (Å²) in [5.74, 6) is -0.241. The van der Waals surface area contributed by atoms with Crippen molar-refractivity contribution in [3.63, 3.8) is 0 Å². The van der Waals surface area contributed by atoms with Gasteiger partial charge in [-0.05, 0) is 62.7 Å². The molecule has 0 fully saturated rings. The summed E-state index contributed by atoms with van der Waals surface area (Å²) in [5, 5.41) is 1.01. The molecular formula is C19H22Cl2N2O3S. The van der Waals surface area contributed by atoms with E-state index in [1.54, 1.807) is 44.0 Å². The van der Waals surface area contributed by atoms with E-state index in [0.29, 0.717) is 15.6 Å². The van der Waals surface area contributed by atoms with Gasteiger partial charge in [0.15, 0.2) is 0 Å². The topological polar surface area (TPSA) is 66.5 Å². The van der Waals surface area contributed by atoms with Crippen molar-refractivity contribution >= 4 is 39.1 Å². The quantitative estimate of drug-likeness (QED) is 0.735. The Morgan fingerprint density at radius 3 is 2.15 bits per heavy atom. The number of nitrogens with one attached hydrogen (secondary N) is 1. The van der Waals surface area contributed by atoms with Crippen LogP contribution < -0.4 is 4.72 Å². The maximum Gasteiger partial charge on any atom is 0.254 e. The highest BCUT2D eigenvalue weighted by Crippen LogP contribution is 2.29. The Labute approximate surface area is 170 Å². The molecule has 0 saturated heterocycles. The van der Waals surface area contributed by atoms with Gasteiger partial charge in [0.05, 0.1) is 10.9 Å². The summed E-state index contributed by atoms with van der Waals surface area (Å²) in [4.78, 5) is 14.4. The van der Waals surface area contributed by atoms with Crippen LogP contribution in [0.1, 0.15) is 42.7 Å². The van der Waals surface area contributed by atoms with E-state index in [-0.39, 0.29) is 22.9 Å². The third-order valence-corrected chi connectivity index (χ3v) is 6.35. The molecule has 1 atom stereocenters. The number of hydrogen-bond donors (Lipinski definition) is 1. The van der Waals surface area contributed by atoms with E-state index in [2.05, 4.69) is 4.72 Å². The molecule has 8 heteroatoms. The van der Waals surface area contributed by atoms with Crippen LogP contribution in [0.4, 0.5) is 0 Å². The maximum atomic E-state index is 12.8. The van der Waals surface area contributed by atoms with Crippen LogP contribution in [0.3, 0.4) is 0 Å². The first-order chi connectivity index (χ1) is 12.5. The molecule has 27 heavy (non-hydrogen) atoms. The number of benzene rings is 2. The standard InChI is InChI=1S/C19H22Cl2N2O3S/c1-12(2)22-27(25,26)16-8-5-14(6-9-16)19(24)23(4)13(3)17-10-7-15(20)11-18(17)21/h5-13,22H,1-4H3. The van der Waals surface area contributed by atoms with Crippen molar-refractivity contribution < 1.29 is 13.2 Å². The first-order valence-electron chi connectivity index (χ1n) is 8.37. The van der Waals surface area contributed by atoms with E-state index in [9.17, 15) is 13.2 Å². The van der Waals surface area contributed by atoms with Gasteiger partial charge in [0, 0.05) is 28.7 Å². The molecule has 0 aromatic heterocycles. The van der Waals surface area contributed by atoms with Gasteiger partial charge in [-0.1, -0.05) is 29.3 Å². The number of amides is 1. The van der Waals surface area contributed by atoms with Gasteiger partial charge in [-0.15, -0.1) is 0 Å². The third kappa shape index (κ3) is 5.23. The molecule has 0 radical (unpaired) electrons. The van der Waals surface area contributed by atoms with Crippen molar-refractivity contribution in [3.05, 3.63) is 63.6 Å². The van der Waals surface area contributed by atoms with Gasteiger partial charge in [0.2, 0.25) is 10.0 Å². The average Bonchev–Trinajstić information content (AvgIpc) is 2.59. The number of carbonyl (C=O) groups excluding carboxylic acids is 1. The fourth-order valence-electron chi connectivity index (χ4n) is 2.58. The molecule has 0 saturated carbocycles. The van der Waals surface area contributed by atoms with Crippen molar-refractivity contribution in [1.29, 1.82) is 0 Å². The predicted octanol–water partition coefficient (Wildman–Crippen LogP) is 4.51. The number of rotatable bonds is 6. The number of halogens is 2. The highest BCUT2D eigenvalue weighted by Gasteiger charge is 2.22. The lowest BCUT2D eigenvalue weighted by atomic mass is 10.1. The Morgan fingerprint density at radius 2 is 1.63 bits per heavy atom. The summed E-state index contributed by atoms with van der Waals surface area (Å²) in [6.45, 7) is 5.35. The SMILES string of the molecule is CC(C)NS(=O)(=O)c1ccc(C(=O)N(C)C(C)c2ccc(Cl)cc2Cl)cc1. The molecule has 1 unspecified atom stereocenters. The molecule has 0 aliphatic rings. The Morgan fingerprint density at radius 1 is 1.04 bits per heavy atom. The van der Waals surface area contributed by atoms with Crippen molar-refractivity contribution in [1.82, 2.24) is 9.62 Å². The smallest absolute Gasteiger partial charge is 0.254 e. The second-order valence-electron chi connectivity index (χ2n) is 6.56. The second-order valence-corrected chi connectivity index (χ2v) is 9.12. The molecule has 0 aliphatic carbocycles. The second kappa shape index (κ2) is 8.61. The van der Waals surface area contributed by atoms with Crippen LogP contribution >= 0.6 is 23.2 Å². The molecule has 1 N–H and O–H groups in total. The summed E-state index contributed by atoms with van der Waals surface area (Å²) < 4.78 is 26.9. The van der Waals surface area contributed by atoms with Gasteiger partial charge in [0.25, 0.3) is 5.91 Å². The number of nitrogens with zero attached hydrogens (tertiary/aromatic N) is 1. The Bertz CT molecular complexity index is 928. The Balaban J connectivity index is 2.21. The first-order valence-corrected chi connectivity index (χ1v) is 10.6. The molecule has 5 nitrogen and oxygen atoms in total. The molecule has 0 spiro atoms. The molecule has 146 valence electrons. The van der Waals surface area contributed by atoms with Crippen molar-refractivity contribution in [2.24, 2.45) is 0 Å². The van der Waals surface area contributed by atoms with Crippen LogP contribution in [-0.2, 0) is 10.0 Å². The van der Waals surface area contributed by atoms with Gasteiger partial charge in [0.1, 0.15) is 0 Å². The van der Waals surface area contributed by atoms with E-state index in [0.717, 1.165) is 5.56 Å². The largest absolute Gasteiger partial charge is 0.335 e. The minimum absolute atomic E-state index is 0.115. The van der Waals surface area contributed by atoms with Crippen LogP contribution in [0.15, 0.2) is 47.4 Å². The lowest BCUT2D eigenvalue weighted by Gasteiger charge is -2.26. The van der Waals surface area contributed by atoms with Gasteiger partial charge in [-0.3, -0.25) is 4.79 Å². The summed E-state index contributed by atoms with van der Waals surface area (Å²) in [6, 6.07) is 10.5. The van der Waals surface area contributed by atoms with Crippen LogP contribution in [0.25, 0.3) is 0 Å². The lowest BCUT2D eigenvalue weighted by Crippen LogP contribution is -2.31. The molecule has 2 aromatic rings. The maximum absolute atomic E-state index is 12.8. The van der Waals surface area contributed by atoms with E-state index in [4.69, 9.17) is 23.2 Å². The molecule has 2 rings (SSSR count). The molecule has 1 amide bonds. The van der Waals surface area contributed by atoms with Crippen LogP contribution in [0.2, 0.25) is 10.0 Å². The van der Waals surface area contributed by atoms with Gasteiger partial charge in [-0.2, -0.15) is 0 Å². The van der Waals surface area contributed by atoms with Gasteiger partial charge < -0.3 is 4.90 Å². The van der Waals surface area contributed by atoms with Crippen LogP contribution in [0.5, 0.6) is 0 Å². The van der Waals surface area contributed by atoms with Crippen LogP contribution in [0, 0.1) is 0 Å². The molecule has 0 bridgehead atoms. The Hall–Kier alpha value is -1.60. The van der Waals surface area contributed by atoms with Crippen molar-refractivity contribution in [2.45, 2.75) is 37.8 Å². The minimum Gasteiger partial charge on any atom is -0.335 e. The molecular weight excluding hydrogens is 407 g/mol. The normalized spacial score (nSPS) is 12.9. The highest BCUT2D eigenvalue weighted by atomic mass is 35.5. The van der Waals surface area contributed by atoms with E-state index in [1.165, 1.54) is 24.3 Å². The van der Waals surface area contributed by atoms with E-state index >= 15 is 0 Å². The zero-order valence-corrected chi connectivity index (χ0v) is 17.9. The van der Waals surface area contributed by atoms with Crippen molar-refractivity contribution in [2.75, 3.05) is 7.05 Å². The first kappa shape index (κ1) is 21.7. The summed E-state index contributed by atoms with van der Waals surface area (Å²) in [7, 11) is -1.93. The monoisotopic (exact) mass is 428 g/mol. The van der Waals surface area contributed by atoms with Gasteiger partial charge >= 0.3 is 0 Å². The fraction of sp³-hybridized carbons (Fsp3) is 0.316. The minimum atomic E-state index is -3.60. The van der Waals surface area contributed by atoms with E-state index in [1.807, 2.05) is 6.92 Å². The number of carbonyl (C=O) groups is 1. The number of hydrogen-bond acceptors (Lipinski definition) is 3. The van der Waals surface area contributed by atoms with Crippen LogP contribution in [-0.4, -0.2) is 32.3 Å². The summed E-state index contributed by atoms with van der Waals surface area (Å²) in [5.41, 5.74) is 1.16. The van der Waals surface area contributed by atoms with E-state index < -0.39 is 10.0 Å². The lowest BCUT2D eigenvalue weighted by molar-refractivity contribution is 0.0742. The van der Waals surface area contributed by atoms with Crippen molar-refractivity contribution in [3.8, 4) is 0 Å². The summed E-state index contributed by atoms with van der Waals surface area (Å²) >= 11 is 12.2. The van der Waals surface area contributed by atoms with Gasteiger partial charge in [-0.25, -0.2) is 13.1 Å². The zero-order chi connectivity index (χ0) is 20.4. The predicted molar refractivity (Wildman–Crippen MR) is 109 cm³/mol. The third-order valence-electron chi connectivity index (χ3n) is 4.12. The molecule has 2 aromatic carbocycles. The molecule has 0 aliphatic heterocycles. The highest BCUT2D eigenvalue weighted by molar-refractivity contribution is 7.89. The Kier molecular flexibility index (Phi) is 6.92. The molecule has 0 heterocycles. The fourth-order valence-corrected chi connectivity index (χ4v) is 4.40.